The minimum Gasteiger partial charge on any atom is -0.330 e. The first-order chi connectivity index (χ1) is 17.4. The summed E-state index contributed by atoms with van der Waals surface area (Å²) >= 11 is 2.43. The van der Waals surface area contributed by atoms with Crippen LogP contribution in [0.3, 0.4) is 0 Å². The lowest BCUT2D eigenvalue weighted by Gasteiger charge is -2.18. The molecule has 4 N–H and O–H groups in total. The van der Waals surface area contributed by atoms with Crippen LogP contribution in [-0.2, 0) is 23.1 Å². The highest BCUT2D eigenvalue weighted by Crippen LogP contribution is 2.30. The fraction of sp³-hybridized carbons (Fsp3) is 0.348. The monoisotopic (exact) mass is 545 g/mol. The number of carbonyl (C=O) groups excluding carboxylic acids is 1. The molecule has 0 saturated carbocycles. The molecule has 1 aliphatic heterocycles. The van der Waals surface area contributed by atoms with E-state index in [9.17, 15) is 13.2 Å². The van der Waals surface area contributed by atoms with Crippen molar-refractivity contribution < 1.29 is 13.2 Å². The van der Waals surface area contributed by atoms with Crippen LogP contribution in [0.15, 0.2) is 46.0 Å². The lowest BCUT2D eigenvalue weighted by Crippen LogP contribution is -2.25. The Labute approximate surface area is 217 Å². The van der Waals surface area contributed by atoms with E-state index in [1.165, 1.54) is 11.3 Å². The van der Waals surface area contributed by atoms with E-state index >= 15 is 0 Å². The number of fused-ring (bicyclic) bond motifs is 2. The van der Waals surface area contributed by atoms with E-state index in [1.54, 1.807) is 35.7 Å². The number of hydrogen-bond acceptors (Lipinski definition) is 9. The van der Waals surface area contributed by atoms with Gasteiger partial charge in [0.15, 0.2) is 10.8 Å². The summed E-state index contributed by atoms with van der Waals surface area (Å²) in [6.07, 6.45) is 3.05. The minimum atomic E-state index is -3.64. The number of sulfonamides is 1. The first-order valence-electron chi connectivity index (χ1n) is 11.7. The van der Waals surface area contributed by atoms with Crippen molar-refractivity contribution in [3.8, 4) is 0 Å². The van der Waals surface area contributed by atoms with E-state index in [0.717, 1.165) is 67.2 Å². The topological polar surface area (TPSA) is 135 Å². The number of thiophene rings is 1. The van der Waals surface area contributed by atoms with E-state index in [2.05, 4.69) is 25.0 Å². The maximum absolute atomic E-state index is 12.9. The lowest BCUT2D eigenvalue weighted by molar-refractivity contribution is 0.102. The van der Waals surface area contributed by atoms with Crippen molar-refractivity contribution in [1.29, 1.82) is 0 Å². The smallest absolute Gasteiger partial charge is 0.277 e. The molecule has 0 atom stereocenters. The molecule has 36 heavy (non-hydrogen) atoms. The number of nitrogens with two attached hydrogens (primary N) is 1. The molecule has 0 radical (unpaired) electrons. The van der Waals surface area contributed by atoms with Crippen molar-refractivity contribution in [3.63, 3.8) is 0 Å². The number of carbonyl (C=O) groups is 1. The SMILES string of the molecule is NCCCCN1CCCn2nc(C(=O)Nc3nc4ccc(NS(=O)(=O)c5cccs5)cc4s3)cc2C1. The first kappa shape index (κ1) is 24.8. The molecule has 0 aliphatic carbocycles. The summed E-state index contributed by atoms with van der Waals surface area (Å²) in [6, 6.07) is 10.2. The number of aryl methyl sites for hydroxylation is 1. The van der Waals surface area contributed by atoms with Crippen molar-refractivity contribution in [3.05, 3.63) is 53.2 Å². The maximum Gasteiger partial charge on any atom is 0.277 e. The highest BCUT2D eigenvalue weighted by Gasteiger charge is 2.21. The number of amides is 1. The summed E-state index contributed by atoms with van der Waals surface area (Å²) < 4.78 is 30.5. The number of hydrogen-bond donors (Lipinski definition) is 3. The third-order valence-corrected chi connectivity index (χ3v) is 9.59. The van der Waals surface area contributed by atoms with E-state index in [0.29, 0.717) is 28.6 Å². The van der Waals surface area contributed by atoms with Gasteiger partial charge in [-0.3, -0.25) is 24.4 Å². The Morgan fingerprint density at radius 1 is 1.17 bits per heavy atom. The number of unbranched alkanes of at least 4 members (excludes halogenated alkanes) is 1. The lowest BCUT2D eigenvalue weighted by atomic mass is 10.2. The Kier molecular flexibility index (Phi) is 7.34. The number of benzene rings is 1. The number of anilines is 2. The Bertz CT molecular complexity index is 1460. The molecular formula is C23H27N7O3S3. The summed E-state index contributed by atoms with van der Waals surface area (Å²) in [7, 11) is -3.64. The molecule has 5 rings (SSSR count). The Morgan fingerprint density at radius 3 is 2.86 bits per heavy atom. The van der Waals surface area contributed by atoms with Gasteiger partial charge in [0.05, 0.1) is 21.6 Å². The highest BCUT2D eigenvalue weighted by atomic mass is 32.2. The van der Waals surface area contributed by atoms with Gasteiger partial charge in [-0.25, -0.2) is 13.4 Å². The number of thiazole rings is 1. The zero-order chi connectivity index (χ0) is 25.1. The van der Waals surface area contributed by atoms with Gasteiger partial charge in [0.1, 0.15) is 4.21 Å². The van der Waals surface area contributed by atoms with Crippen LogP contribution in [0.1, 0.15) is 35.4 Å². The van der Waals surface area contributed by atoms with E-state index in [1.807, 2.05) is 10.7 Å². The van der Waals surface area contributed by atoms with Gasteiger partial charge in [0.2, 0.25) is 0 Å². The van der Waals surface area contributed by atoms with Crippen molar-refractivity contribution in [1.82, 2.24) is 19.7 Å². The fourth-order valence-electron chi connectivity index (χ4n) is 4.13. The summed E-state index contributed by atoms with van der Waals surface area (Å²) in [6.45, 7) is 4.24. The van der Waals surface area contributed by atoms with Gasteiger partial charge in [-0.05, 0) is 68.1 Å². The molecule has 1 amide bonds. The summed E-state index contributed by atoms with van der Waals surface area (Å²) in [5, 5.41) is 9.52. The van der Waals surface area contributed by atoms with Crippen LogP contribution in [0.5, 0.6) is 0 Å². The van der Waals surface area contributed by atoms with Crippen molar-refractivity contribution >= 4 is 59.6 Å². The zero-order valence-electron chi connectivity index (χ0n) is 19.5. The van der Waals surface area contributed by atoms with E-state index in [-0.39, 0.29) is 10.1 Å². The molecule has 0 saturated heterocycles. The third-order valence-electron chi connectivity index (χ3n) is 5.88. The van der Waals surface area contributed by atoms with Gasteiger partial charge in [0.25, 0.3) is 15.9 Å². The number of rotatable bonds is 9. The number of nitrogens with one attached hydrogen (secondary N) is 2. The molecule has 0 unspecified atom stereocenters. The quantitative estimate of drug-likeness (QED) is 0.274. The van der Waals surface area contributed by atoms with Crippen molar-refractivity contribution in [2.45, 2.75) is 36.6 Å². The fourth-order valence-corrected chi connectivity index (χ4v) is 7.08. The standard InChI is InChI=1S/C23H27N7O3S3/c24-8-1-2-9-29-10-4-11-30-17(15-29)14-19(27-30)22(31)26-23-25-18-7-6-16(13-20(18)35-23)28-36(32,33)21-5-3-12-34-21/h3,5-7,12-14,28H,1-2,4,8-11,15,24H2,(H,25,26,31). The molecule has 0 bridgehead atoms. The van der Waals surface area contributed by atoms with Gasteiger partial charge in [-0.1, -0.05) is 17.4 Å². The van der Waals surface area contributed by atoms with Gasteiger partial charge in [-0.2, -0.15) is 5.10 Å². The molecule has 190 valence electrons. The second-order valence-electron chi connectivity index (χ2n) is 8.56. The Morgan fingerprint density at radius 2 is 2.06 bits per heavy atom. The second kappa shape index (κ2) is 10.6. The molecule has 0 spiro atoms. The van der Waals surface area contributed by atoms with Gasteiger partial charge >= 0.3 is 0 Å². The molecule has 4 aromatic rings. The number of aromatic nitrogens is 3. The molecule has 13 heteroatoms. The van der Waals surface area contributed by atoms with Gasteiger partial charge in [0, 0.05) is 19.6 Å². The molecule has 0 fully saturated rings. The van der Waals surface area contributed by atoms with Crippen LogP contribution in [-0.4, -0.2) is 53.6 Å². The number of nitrogens with zero attached hydrogens (tertiary/aromatic N) is 4. The average molecular weight is 546 g/mol. The average Bonchev–Trinajstić information content (AvgIpc) is 3.57. The van der Waals surface area contributed by atoms with Gasteiger partial charge < -0.3 is 5.73 Å². The molecule has 1 aromatic carbocycles. The molecule has 1 aliphatic rings. The van der Waals surface area contributed by atoms with Crippen LogP contribution >= 0.6 is 22.7 Å². The summed E-state index contributed by atoms with van der Waals surface area (Å²) in [4.78, 5) is 19.8. The van der Waals surface area contributed by atoms with Crippen LogP contribution in [0.2, 0.25) is 0 Å². The molecule has 3 aromatic heterocycles. The Hall–Kier alpha value is -2.84. The largest absolute Gasteiger partial charge is 0.330 e. The van der Waals surface area contributed by atoms with E-state index in [4.69, 9.17) is 5.73 Å². The predicted molar refractivity (Wildman–Crippen MR) is 143 cm³/mol. The second-order valence-corrected chi connectivity index (χ2v) is 12.5. The molecule has 4 heterocycles. The predicted octanol–water partition coefficient (Wildman–Crippen LogP) is 3.55. The minimum absolute atomic E-state index is 0.247. The summed E-state index contributed by atoms with van der Waals surface area (Å²) in [5.41, 5.74) is 8.11. The maximum atomic E-state index is 12.9. The van der Waals surface area contributed by atoms with E-state index < -0.39 is 10.0 Å². The third kappa shape index (κ3) is 5.60. The van der Waals surface area contributed by atoms with Crippen LogP contribution in [0, 0.1) is 0 Å². The zero-order valence-corrected chi connectivity index (χ0v) is 22.0. The van der Waals surface area contributed by atoms with Gasteiger partial charge in [-0.15, -0.1) is 11.3 Å². The molecular weight excluding hydrogens is 519 g/mol. The Balaban J connectivity index is 1.27. The highest BCUT2D eigenvalue weighted by molar-refractivity contribution is 7.94. The summed E-state index contributed by atoms with van der Waals surface area (Å²) in [5.74, 6) is -0.317. The van der Waals surface area contributed by atoms with Crippen molar-refractivity contribution in [2.75, 3.05) is 29.7 Å². The first-order valence-corrected chi connectivity index (χ1v) is 14.9. The van der Waals surface area contributed by atoms with Crippen molar-refractivity contribution in [2.24, 2.45) is 5.73 Å². The van der Waals surface area contributed by atoms with Crippen LogP contribution in [0.25, 0.3) is 10.2 Å². The van der Waals surface area contributed by atoms with Crippen LogP contribution in [0.4, 0.5) is 10.8 Å². The molecule has 10 nitrogen and oxygen atoms in total. The normalized spacial score (nSPS) is 14.5. The van der Waals surface area contributed by atoms with Crippen LogP contribution < -0.4 is 15.8 Å².